The predicted molar refractivity (Wildman–Crippen MR) is 148 cm³/mol. The molecule has 4 rings (SSSR count). The van der Waals surface area contributed by atoms with Gasteiger partial charge in [-0.25, -0.2) is 0 Å². The zero-order chi connectivity index (χ0) is 27.0. The monoisotopic (exact) mass is 522 g/mol. The Balaban J connectivity index is 1.46. The first kappa shape index (κ1) is 28.1. The van der Waals surface area contributed by atoms with Crippen LogP contribution in [-0.4, -0.2) is 68.8 Å². The summed E-state index contributed by atoms with van der Waals surface area (Å²) in [7, 11) is 1.63. The second-order valence-electron chi connectivity index (χ2n) is 10.4. The summed E-state index contributed by atoms with van der Waals surface area (Å²) in [6, 6.07) is 15.5. The van der Waals surface area contributed by atoms with E-state index in [4.69, 9.17) is 9.47 Å². The van der Waals surface area contributed by atoms with Gasteiger partial charge in [-0.2, -0.15) is 0 Å². The van der Waals surface area contributed by atoms with Crippen LogP contribution in [-0.2, 0) is 26.3 Å². The quantitative estimate of drug-likeness (QED) is 0.351. The summed E-state index contributed by atoms with van der Waals surface area (Å²) in [5.74, 6) is 0.585. The van der Waals surface area contributed by atoms with Gasteiger partial charge in [-0.1, -0.05) is 49.7 Å². The molecule has 38 heavy (non-hydrogen) atoms. The van der Waals surface area contributed by atoms with Crippen LogP contribution >= 0.6 is 0 Å². The Morgan fingerprint density at radius 3 is 2.58 bits per heavy atom. The molecule has 2 aliphatic rings. The smallest absolute Gasteiger partial charge is 0.245 e. The highest BCUT2D eigenvalue weighted by atomic mass is 16.5. The zero-order valence-corrected chi connectivity index (χ0v) is 22.9. The maximum atomic E-state index is 13.8. The van der Waals surface area contributed by atoms with Crippen molar-refractivity contribution in [3.8, 4) is 5.75 Å². The van der Waals surface area contributed by atoms with Crippen molar-refractivity contribution in [2.75, 3.05) is 40.0 Å². The molecule has 0 radical (unpaired) electrons. The number of rotatable bonds is 13. The van der Waals surface area contributed by atoms with Crippen LogP contribution < -0.4 is 20.7 Å². The molecule has 0 aromatic heterocycles. The van der Waals surface area contributed by atoms with E-state index in [9.17, 15) is 9.59 Å². The SMILES string of the molecule is CCCCOC1(c2ccccc2C)CN(C(=O)[C@@H](Cc2ccc(OC)cc2)NC(=O)CCC2CNCN2)C1. The van der Waals surface area contributed by atoms with E-state index in [1.165, 1.54) is 0 Å². The van der Waals surface area contributed by atoms with Gasteiger partial charge in [0.05, 0.1) is 20.2 Å². The van der Waals surface area contributed by atoms with E-state index < -0.39 is 11.6 Å². The number of carbonyl (C=O) groups is 2. The van der Waals surface area contributed by atoms with Crippen LogP contribution in [0.2, 0.25) is 0 Å². The van der Waals surface area contributed by atoms with Gasteiger partial charge >= 0.3 is 0 Å². The van der Waals surface area contributed by atoms with Crippen LogP contribution in [0.3, 0.4) is 0 Å². The van der Waals surface area contributed by atoms with Gasteiger partial charge in [0, 0.05) is 38.7 Å². The number of aryl methyl sites for hydroxylation is 1. The highest BCUT2D eigenvalue weighted by molar-refractivity contribution is 5.88. The van der Waals surface area contributed by atoms with Crippen LogP contribution in [0.4, 0.5) is 0 Å². The molecule has 2 fully saturated rings. The Labute approximate surface area is 226 Å². The van der Waals surface area contributed by atoms with Crippen molar-refractivity contribution in [3.63, 3.8) is 0 Å². The molecule has 2 heterocycles. The van der Waals surface area contributed by atoms with Crippen molar-refractivity contribution in [1.29, 1.82) is 0 Å². The standard InChI is InChI=1S/C30H42N4O4/c1-4-5-16-38-30(26-9-7-6-8-22(26)2)19-34(20-30)29(36)27(17-23-10-13-25(37-3)14-11-23)33-28(35)15-12-24-18-31-21-32-24/h6-11,13-14,24,27,31-32H,4-5,12,15-21H2,1-3H3,(H,33,35)/t24?,27-/m1/s1. The third-order valence-electron chi connectivity index (χ3n) is 7.57. The van der Waals surface area contributed by atoms with Crippen molar-refractivity contribution in [2.45, 2.75) is 63.6 Å². The Morgan fingerprint density at radius 1 is 1.16 bits per heavy atom. The van der Waals surface area contributed by atoms with E-state index >= 15 is 0 Å². The number of benzene rings is 2. The molecular formula is C30H42N4O4. The summed E-state index contributed by atoms with van der Waals surface area (Å²) in [4.78, 5) is 28.5. The molecular weight excluding hydrogens is 480 g/mol. The minimum Gasteiger partial charge on any atom is -0.497 e. The molecule has 3 N–H and O–H groups in total. The molecule has 2 aliphatic heterocycles. The molecule has 2 atom stereocenters. The fourth-order valence-corrected chi connectivity index (χ4v) is 5.29. The third kappa shape index (κ3) is 6.92. The fourth-order valence-electron chi connectivity index (χ4n) is 5.29. The maximum Gasteiger partial charge on any atom is 0.245 e. The number of nitrogens with one attached hydrogen (secondary N) is 3. The van der Waals surface area contributed by atoms with Gasteiger partial charge in [-0.05, 0) is 48.6 Å². The number of methoxy groups -OCH3 is 1. The number of nitrogens with zero attached hydrogens (tertiary/aromatic N) is 1. The lowest BCUT2D eigenvalue weighted by Gasteiger charge is -2.51. The van der Waals surface area contributed by atoms with Crippen LogP contribution in [0.15, 0.2) is 48.5 Å². The van der Waals surface area contributed by atoms with Gasteiger partial charge < -0.3 is 30.3 Å². The normalized spacial score (nSPS) is 19.0. The summed E-state index contributed by atoms with van der Waals surface area (Å²) in [6.45, 7) is 7.47. The van der Waals surface area contributed by atoms with Gasteiger partial charge in [0.15, 0.2) is 0 Å². The number of hydrogen-bond acceptors (Lipinski definition) is 6. The molecule has 8 heteroatoms. The molecule has 1 unspecified atom stereocenters. The molecule has 2 saturated heterocycles. The second-order valence-corrected chi connectivity index (χ2v) is 10.4. The van der Waals surface area contributed by atoms with Gasteiger partial charge in [0.2, 0.25) is 11.8 Å². The van der Waals surface area contributed by atoms with E-state index in [-0.39, 0.29) is 17.9 Å². The van der Waals surface area contributed by atoms with Crippen molar-refractivity contribution in [1.82, 2.24) is 20.9 Å². The molecule has 0 spiro atoms. The van der Waals surface area contributed by atoms with Gasteiger partial charge in [0.25, 0.3) is 0 Å². The highest BCUT2D eigenvalue weighted by Gasteiger charge is 2.49. The van der Waals surface area contributed by atoms with Crippen LogP contribution in [0.1, 0.15) is 49.3 Å². The minimum absolute atomic E-state index is 0.0712. The Hall–Kier alpha value is -2.94. The lowest BCUT2D eigenvalue weighted by Crippen LogP contribution is -2.66. The predicted octanol–water partition coefficient (Wildman–Crippen LogP) is 2.88. The summed E-state index contributed by atoms with van der Waals surface area (Å²) in [5, 5.41) is 9.63. The average Bonchev–Trinajstić information content (AvgIpc) is 3.43. The average molecular weight is 523 g/mol. The van der Waals surface area contributed by atoms with Gasteiger partial charge in [0.1, 0.15) is 17.4 Å². The largest absolute Gasteiger partial charge is 0.497 e. The summed E-state index contributed by atoms with van der Waals surface area (Å²) < 4.78 is 11.7. The Morgan fingerprint density at radius 2 is 1.92 bits per heavy atom. The van der Waals surface area contributed by atoms with Crippen LogP contribution in [0.25, 0.3) is 0 Å². The number of ether oxygens (including phenoxy) is 2. The maximum absolute atomic E-state index is 13.8. The summed E-state index contributed by atoms with van der Waals surface area (Å²) in [5.41, 5.74) is 2.75. The number of amides is 2. The lowest BCUT2D eigenvalue weighted by atomic mass is 9.82. The second kappa shape index (κ2) is 13.2. The first-order chi connectivity index (χ1) is 18.4. The van der Waals surface area contributed by atoms with E-state index in [1.807, 2.05) is 41.3 Å². The van der Waals surface area contributed by atoms with Gasteiger partial charge in [-0.15, -0.1) is 0 Å². The number of carbonyl (C=O) groups excluding carboxylic acids is 2. The summed E-state index contributed by atoms with van der Waals surface area (Å²) >= 11 is 0. The number of hydrogen-bond donors (Lipinski definition) is 3. The minimum atomic E-state index is -0.643. The third-order valence-corrected chi connectivity index (χ3v) is 7.57. The van der Waals surface area contributed by atoms with Crippen molar-refractivity contribution < 1.29 is 19.1 Å². The summed E-state index contributed by atoms with van der Waals surface area (Å²) in [6.07, 6.45) is 3.55. The number of likely N-dealkylation sites (tertiary alicyclic amines) is 1. The van der Waals surface area contributed by atoms with Crippen molar-refractivity contribution >= 4 is 11.8 Å². The molecule has 2 aromatic rings. The molecule has 206 valence electrons. The van der Waals surface area contributed by atoms with Crippen LogP contribution in [0, 0.1) is 6.92 Å². The van der Waals surface area contributed by atoms with Crippen molar-refractivity contribution in [3.05, 3.63) is 65.2 Å². The molecule has 0 bridgehead atoms. The fraction of sp³-hybridized carbons (Fsp3) is 0.533. The van der Waals surface area contributed by atoms with Crippen LogP contribution in [0.5, 0.6) is 5.75 Å². The first-order valence-corrected chi connectivity index (χ1v) is 13.8. The molecule has 2 amide bonds. The topological polar surface area (TPSA) is 91.9 Å². The number of unbranched alkanes of at least 4 members (excludes halogenated alkanes) is 1. The van der Waals surface area contributed by atoms with E-state index in [1.54, 1.807) is 7.11 Å². The highest BCUT2D eigenvalue weighted by Crippen LogP contribution is 2.38. The van der Waals surface area contributed by atoms with E-state index in [0.717, 1.165) is 54.9 Å². The molecule has 2 aromatic carbocycles. The van der Waals surface area contributed by atoms with E-state index in [2.05, 4.69) is 41.9 Å². The Kier molecular flexibility index (Phi) is 9.77. The van der Waals surface area contributed by atoms with E-state index in [0.29, 0.717) is 32.5 Å². The Bertz CT molecular complexity index is 1060. The molecule has 0 aliphatic carbocycles. The lowest BCUT2D eigenvalue weighted by molar-refractivity contribution is -0.175. The first-order valence-electron chi connectivity index (χ1n) is 13.8. The van der Waals surface area contributed by atoms with Gasteiger partial charge in [-0.3, -0.25) is 9.59 Å². The zero-order valence-electron chi connectivity index (χ0n) is 22.9. The molecule has 0 saturated carbocycles. The van der Waals surface area contributed by atoms with Crippen molar-refractivity contribution in [2.24, 2.45) is 0 Å². The molecule has 8 nitrogen and oxygen atoms in total.